The van der Waals surface area contributed by atoms with E-state index in [1.165, 1.54) is 56.6 Å². The number of benzene rings is 7. The molecule has 5 fully saturated rings. The fourth-order valence-electron chi connectivity index (χ4n) is 16.2. The third kappa shape index (κ3) is 25.5. The largest absolute Gasteiger partial charge is 0.490 e. The van der Waals surface area contributed by atoms with E-state index in [0.29, 0.717) is 0 Å². The van der Waals surface area contributed by atoms with Crippen molar-refractivity contribution in [1.82, 2.24) is 47.8 Å². The normalized spacial score (nSPS) is 25.5. The molecule has 5 aromatic heterocycles. The Balaban J connectivity index is 0.000000140. The van der Waals surface area contributed by atoms with Gasteiger partial charge in [-0.05, 0) is 57.6 Å². The van der Waals surface area contributed by atoms with Crippen LogP contribution < -0.4 is 68.3 Å². The van der Waals surface area contributed by atoms with Crippen molar-refractivity contribution in [1.29, 1.82) is 0 Å². The van der Waals surface area contributed by atoms with E-state index >= 15 is 0 Å². The van der Waals surface area contributed by atoms with Gasteiger partial charge in [0.05, 0.1) is 60.7 Å². The molecule has 0 bridgehead atoms. The Kier molecular flexibility index (Phi) is 36.5. The fourth-order valence-corrected chi connectivity index (χ4v) is 24.2. The molecule has 5 saturated heterocycles. The molecule has 0 spiro atoms. The Morgan fingerprint density at radius 2 is 0.729 bits per heavy atom. The van der Waals surface area contributed by atoms with Gasteiger partial charge in [0.1, 0.15) is 58.6 Å². The fraction of sp³-hybridized carbons (Fsp3) is 0.319. The predicted octanol–water partition coefficient (Wildman–Crippen LogP) is 2.90. The van der Waals surface area contributed by atoms with E-state index in [1.54, 1.807) is 47.6 Å². The Bertz CT molecular complexity index is 6940. The van der Waals surface area contributed by atoms with Gasteiger partial charge in [0.2, 0.25) is 0 Å². The van der Waals surface area contributed by atoms with Gasteiger partial charge in [0.15, 0.2) is 37.1 Å². The predicted molar refractivity (Wildman–Crippen MR) is 525 cm³/mol. The molecule has 766 valence electrons. The van der Waals surface area contributed by atoms with Crippen LogP contribution in [0.3, 0.4) is 0 Å². The number of hydrogen-bond donors (Lipinski definition) is 15. The average molecular weight is 2360 g/mol. The monoisotopic (exact) mass is 2360 g/mol. The zero-order valence-corrected chi connectivity index (χ0v) is 84.6. The van der Waals surface area contributed by atoms with Crippen molar-refractivity contribution in [3.63, 3.8) is 0 Å². The summed E-state index contributed by atoms with van der Waals surface area (Å²) in [6, 6.07) is 71.9. The quantitative estimate of drug-likeness (QED) is 0.0122. The van der Waals surface area contributed by atoms with Crippen LogP contribution >= 0.6 is 80.3 Å². The minimum absolute atomic E-state index is 0.0797. The second-order valence-corrected chi connectivity index (χ2v) is 42.7. The summed E-state index contributed by atoms with van der Waals surface area (Å²) in [4.78, 5) is 139. The molecule has 7 aromatic carbocycles. The molecule has 0 aliphatic carbocycles. The smallest absolute Gasteiger partial charge is 0.453 e. The van der Waals surface area contributed by atoms with Crippen molar-refractivity contribution >= 4 is 99.7 Å². The Morgan fingerprint density at radius 3 is 1.14 bits per heavy atom. The van der Waals surface area contributed by atoms with E-state index in [0.717, 1.165) is 66.2 Å². The number of alkyl halides is 3. The first kappa shape index (κ1) is 109. The number of rotatable bonds is 26. The standard InChI is InChI=1S/C29H26N2O6.C20H17ClO.C15H16N2O5Se.C9H14IN2O14P3.C9H11IN2O5.C9H10N2O5/c1-34-22-14-12-21(13-15-22)29(19-8-4-2-5-9-19,20-10-6-3-7-11-20)35-18-23-25(33)26-27(36-23)31-17-16-24(32)30-28(31)37-26;1-22-19-14-12-18(13-15-19)20(21,16-8-4-2-5-9-16)17-10-6-3-7-11-17;18-8-10-12(20)13(23-9-4-2-1-3-5-9)14(22-10)17-7-6-11(19)16-15(17)21;10-6-7(14)4(24-8(6)12-2-1-5(13)11-9(12)15)3-23-28(19,20)26-29(21,22)25-27(16,17)18;10-6-7(15)4(3-13)17-8(6)12-2-1-5(14)11-9(12)16;12-3-4-6(14)7-8(15-4)11-2-1-5(13)10-9(11)16-7/h2-17,23,25-27,33H,18H2,1H3;2-15H,1H3;1-7,10,12-14,18,20H,8H2,(H,16,19,21);1-2,4,6-8,14H,3H2,(H,19,20)(H,21,22)(H,11,13,15)(H2,16,17,18);1-2,4,6-8,13,15H,3H2,(H,11,14,16);1-2,4,6-8,12,14H,3H2/t23-,25+,26?,27?;;10-,12?,13+,14-;2*4-,6+,7?,8-;4-,6+,7?,8?/m1.1111/s1. The van der Waals surface area contributed by atoms with E-state index in [-0.39, 0.29) is 62.1 Å². The van der Waals surface area contributed by atoms with E-state index in [2.05, 4.69) is 57.3 Å². The number of methoxy groups -OCH3 is 2. The van der Waals surface area contributed by atoms with Gasteiger partial charge in [-0.15, -0.1) is 11.6 Å². The van der Waals surface area contributed by atoms with Crippen LogP contribution in [-0.4, -0.2) is 251 Å². The summed E-state index contributed by atoms with van der Waals surface area (Å²) in [5, 5.41) is 78.6. The number of aromatic amines is 3. The van der Waals surface area contributed by atoms with Crippen molar-refractivity contribution in [2.24, 2.45) is 0 Å². The maximum Gasteiger partial charge on any atom is 0.490 e. The number of phosphoric ester groups is 1. The Morgan fingerprint density at radius 1 is 0.396 bits per heavy atom. The van der Waals surface area contributed by atoms with Gasteiger partial charge in [-0.3, -0.25) is 51.9 Å². The molecule has 46 nitrogen and oxygen atoms in total. The average Bonchev–Trinajstić information content (AvgIpc) is 1.62. The molecule has 12 heterocycles. The summed E-state index contributed by atoms with van der Waals surface area (Å²) in [6.07, 6.45) is -7.29. The number of aliphatic hydroxyl groups is 8. The Hall–Kier alpha value is -10.3. The van der Waals surface area contributed by atoms with E-state index in [9.17, 15) is 87.6 Å². The van der Waals surface area contributed by atoms with Gasteiger partial charge in [0, 0.05) is 49.1 Å². The van der Waals surface area contributed by atoms with Gasteiger partial charge in [0.25, 0.3) is 22.2 Å². The summed E-state index contributed by atoms with van der Waals surface area (Å²) < 4.78 is 108. The van der Waals surface area contributed by atoms with Crippen LogP contribution in [0.2, 0.25) is 4.82 Å². The SMILES string of the molecule is COc1ccc(C(Cl)(c2ccccc2)c2ccccc2)cc1.COc1ccc(C(OC[C@H]2OC3C(Oc4nc(=O)ccn43)[C@H]2O)(c2ccccc2)c2ccccc2)cc1.O=c1ccn([C@@H]2O[C@H](CO)C(O)[C@@H]2I)c(=O)[nH]1.O=c1ccn([C@@H]2O[C@H](CO)C(O)[C@@H]2[Se]c2ccccc2)c(=O)[nH]1.O=c1ccn([C@@H]2O[C@H](COP(=O)(O)OP(=O)(O)OP(=O)(O)O)C(O)[C@@H]2I)c(=O)[nH]1.O=c1ccn2c(n1)OC1C2O[C@H](CO)[C@@H]1O. The van der Waals surface area contributed by atoms with Crippen LogP contribution in [0.15, 0.2) is 300 Å². The topological polar surface area (TPSA) is 648 Å². The third-order valence-corrected chi connectivity index (χ3v) is 33.0. The summed E-state index contributed by atoms with van der Waals surface area (Å²) in [5.41, 5.74) is 0.401. The first-order chi connectivity index (χ1) is 68.8. The van der Waals surface area contributed by atoms with Crippen molar-refractivity contribution < 1.29 is 135 Å². The molecule has 7 aliphatic heterocycles. The number of aliphatic hydroxyl groups excluding tert-OH is 8. The number of nitrogens with zero attached hydrogens (tertiary/aromatic N) is 7. The number of fused-ring (bicyclic) bond motifs is 6. The first-order valence-electron chi connectivity index (χ1n) is 43.4. The maximum atomic E-state index is 12.0. The molecule has 53 heteroatoms. The number of aromatic nitrogens is 10. The zero-order chi connectivity index (χ0) is 103. The second-order valence-electron chi connectivity index (χ2n) is 32.2. The molecular weight excluding hydrogens is 2270 g/mol. The van der Waals surface area contributed by atoms with Crippen molar-refractivity contribution in [3.8, 4) is 23.5 Å². The Labute approximate surface area is 852 Å². The number of phosphoric acid groups is 3. The second kappa shape index (κ2) is 48.1. The van der Waals surface area contributed by atoms with Crippen molar-refractivity contribution in [3.05, 3.63) is 378 Å². The molecule has 15 N–H and O–H groups in total. The van der Waals surface area contributed by atoms with Crippen LogP contribution in [0.1, 0.15) is 64.5 Å². The third-order valence-electron chi connectivity index (χ3n) is 23.1. The zero-order valence-electron chi connectivity index (χ0n) is 75.1. The molecule has 0 saturated carbocycles. The van der Waals surface area contributed by atoms with E-state index < -0.39 is 194 Å². The summed E-state index contributed by atoms with van der Waals surface area (Å²) in [6.45, 7) is -1.75. The molecule has 9 unspecified atom stereocenters. The number of H-pyrrole nitrogens is 3. The van der Waals surface area contributed by atoms with Gasteiger partial charge in [-0.1, -0.05) is 191 Å². The molecule has 0 radical (unpaired) electrons. The van der Waals surface area contributed by atoms with E-state index in [1.807, 2.05) is 203 Å². The van der Waals surface area contributed by atoms with Crippen molar-refractivity contribution in [2.45, 2.75) is 128 Å². The van der Waals surface area contributed by atoms with Crippen LogP contribution in [0.4, 0.5) is 0 Å². The maximum absolute atomic E-state index is 12.0. The summed E-state index contributed by atoms with van der Waals surface area (Å²) in [7, 11) is -13.3. The number of hydrogen-bond acceptors (Lipinski definition) is 34. The molecule has 0 amide bonds. The molecule has 22 atom stereocenters. The van der Waals surface area contributed by atoms with Gasteiger partial charge >= 0.3 is 184 Å². The van der Waals surface area contributed by atoms with Crippen molar-refractivity contribution in [2.75, 3.05) is 47.3 Å². The van der Waals surface area contributed by atoms with Gasteiger partial charge in [-0.2, -0.15) is 18.6 Å². The number of ether oxygens (including phenoxy) is 10. The first-order valence-corrected chi connectivity index (χ1v) is 52.6. The molecule has 19 rings (SSSR count). The summed E-state index contributed by atoms with van der Waals surface area (Å²) in [5.74, 6) is 1.56. The molecule has 7 aliphatic rings. The van der Waals surface area contributed by atoms with Crippen LogP contribution in [0.25, 0.3) is 0 Å². The van der Waals surface area contributed by atoms with Gasteiger partial charge in [-0.25, -0.2) is 23.3 Å². The number of nitrogens with one attached hydrogen (secondary N) is 3. The number of halogens is 3. The van der Waals surface area contributed by atoms with Crippen LogP contribution in [-0.2, 0) is 65.7 Å². The van der Waals surface area contributed by atoms with Gasteiger partial charge < -0.3 is 92.8 Å². The van der Waals surface area contributed by atoms with Crippen LogP contribution in [0, 0.1) is 0 Å². The molecular formula is C91H94ClI2N10O36P3Se. The van der Waals surface area contributed by atoms with E-state index in [4.69, 9.17) is 83.9 Å². The minimum Gasteiger partial charge on any atom is -0.453 e. The summed E-state index contributed by atoms with van der Waals surface area (Å²) >= 11 is 10.7. The van der Waals surface area contributed by atoms with Crippen LogP contribution in [0.5, 0.6) is 23.5 Å². The minimum atomic E-state index is -5.68. The molecule has 12 aromatic rings. The molecule has 144 heavy (non-hydrogen) atoms.